The summed E-state index contributed by atoms with van der Waals surface area (Å²) in [6.07, 6.45) is 4.17. The zero-order valence-corrected chi connectivity index (χ0v) is 17.7. The maximum Gasteiger partial charge on any atom is 0.362 e. The van der Waals surface area contributed by atoms with Gasteiger partial charge in [0.25, 0.3) is 0 Å². The van der Waals surface area contributed by atoms with Crippen molar-refractivity contribution in [2.45, 2.75) is 52.7 Å². The van der Waals surface area contributed by atoms with Gasteiger partial charge in [0.2, 0.25) is 0 Å². The molecule has 0 radical (unpaired) electrons. The summed E-state index contributed by atoms with van der Waals surface area (Å²) < 4.78 is 12.4. The Morgan fingerprint density at radius 2 is 1.89 bits per heavy atom. The molecule has 3 rings (SSSR count). The Hall–Kier alpha value is -1.39. The van der Waals surface area contributed by atoms with Gasteiger partial charge in [0.15, 0.2) is 6.54 Å². The quantitative estimate of drug-likeness (QED) is 0.509. The number of quaternary nitrogens is 1. The van der Waals surface area contributed by atoms with Crippen LogP contribution in [0, 0.1) is 16.7 Å². The first-order valence-electron chi connectivity index (χ1n) is 10.3. The molecule has 0 amide bonds. The van der Waals surface area contributed by atoms with Crippen LogP contribution >= 0.6 is 0 Å². The van der Waals surface area contributed by atoms with E-state index in [1.54, 1.807) is 0 Å². The van der Waals surface area contributed by atoms with Gasteiger partial charge in [-0.05, 0) is 41.6 Å². The molecular formula is C23H36NO3+. The van der Waals surface area contributed by atoms with Gasteiger partial charge in [-0.3, -0.25) is 0 Å². The van der Waals surface area contributed by atoms with E-state index in [1.165, 1.54) is 19.3 Å². The van der Waals surface area contributed by atoms with Crippen molar-refractivity contribution in [1.29, 1.82) is 0 Å². The van der Waals surface area contributed by atoms with Gasteiger partial charge in [-0.1, -0.05) is 51.1 Å². The highest BCUT2D eigenvalue weighted by Crippen LogP contribution is 2.66. The molecule has 4 heteroatoms. The predicted octanol–water partition coefficient (Wildman–Crippen LogP) is 4.04. The van der Waals surface area contributed by atoms with E-state index >= 15 is 0 Å². The number of nitrogens with zero attached hydrogens (tertiary/aromatic N) is 1. The first-order valence-corrected chi connectivity index (χ1v) is 10.3. The lowest BCUT2D eigenvalue weighted by Gasteiger charge is -2.39. The number of esters is 1. The van der Waals surface area contributed by atoms with Crippen molar-refractivity contribution in [2.24, 2.45) is 16.7 Å². The number of carbonyl (C=O) groups is 1. The molecular weight excluding hydrogens is 338 g/mol. The van der Waals surface area contributed by atoms with Crippen molar-refractivity contribution < 1.29 is 18.8 Å². The van der Waals surface area contributed by atoms with E-state index in [1.807, 2.05) is 30.3 Å². The number of fused-ring (bicyclic) bond motifs is 2. The molecule has 2 aliphatic carbocycles. The summed E-state index contributed by atoms with van der Waals surface area (Å²) in [6.45, 7) is 9.46. The molecule has 0 heterocycles. The summed E-state index contributed by atoms with van der Waals surface area (Å²) in [7, 11) is 4.14. The lowest BCUT2D eigenvalue weighted by molar-refractivity contribution is -0.883. The molecule has 150 valence electrons. The van der Waals surface area contributed by atoms with E-state index < -0.39 is 0 Å². The minimum absolute atomic E-state index is 0.156. The van der Waals surface area contributed by atoms with E-state index in [9.17, 15) is 4.79 Å². The Bertz CT molecular complexity index is 655. The van der Waals surface area contributed by atoms with Crippen LogP contribution in [-0.4, -0.2) is 50.3 Å². The number of likely N-dealkylation sites (N-methyl/N-ethyl adjacent to an activating group) is 1. The van der Waals surface area contributed by atoms with Gasteiger partial charge < -0.3 is 14.0 Å². The molecule has 2 aliphatic rings. The molecule has 0 unspecified atom stereocenters. The standard InChI is InChI=1S/C23H36NO3/c1-22(2)19-11-12-23(22,3)20(15-19)26-14-13-24(4,5)16-21(25)27-17-18-9-7-6-8-10-18/h6-10,19-20H,11-17H2,1-5H3/q+1/t19-,20-,23+/m1/s1. The molecule has 0 saturated heterocycles. The lowest BCUT2D eigenvalue weighted by atomic mass is 9.70. The zero-order valence-electron chi connectivity index (χ0n) is 17.7. The molecule has 1 aromatic rings. The summed E-state index contributed by atoms with van der Waals surface area (Å²) in [4.78, 5) is 12.2. The highest BCUT2D eigenvalue weighted by Gasteiger charge is 2.61. The smallest absolute Gasteiger partial charge is 0.362 e. The highest BCUT2D eigenvalue weighted by atomic mass is 16.5. The number of benzene rings is 1. The van der Waals surface area contributed by atoms with Crippen LogP contribution in [0.25, 0.3) is 0 Å². The van der Waals surface area contributed by atoms with E-state index in [4.69, 9.17) is 9.47 Å². The van der Waals surface area contributed by atoms with Crippen LogP contribution in [0.3, 0.4) is 0 Å². The fraction of sp³-hybridized carbons (Fsp3) is 0.696. The first kappa shape index (κ1) is 20.3. The SMILES string of the molecule is CC1(C)[C@@H]2CC[C@@]1(C)[C@H](OCC[N+](C)(C)CC(=O)OCc1ccccc1)C2. The van der Waals surface area contributed by atoms with Crippen molar-refractivity contribution in [3.05, 3.63) is 35.9 Å². The third-order valence-corrected chi connectivity index (χ3v) is 7.53. The van der Waals surface area contributed by atoms with E-state index in [0.29, 0.717) is 41.2 Å². The minimum Gasteiger partial charge on any atom is -0.457 e. The van der Waals surface area contributed by atoms with E-state index in [-0.39, 0.29) is 5.97 Å². The Morgan fingerprint density at radius 3 is 2.48 bits per heavy atom. The van der Waals surface area contributed by atoms with Crippen molar-refractivity contribution in [3.8, 4) is 0 Å². The first-order chi connectivity index (χ1) is 12.6. The van der Waals surface area contributed by atoms with Crippen molar-refractivity contribution >= 4 is 5.97 Å². The summed E-state index contributed by atoms with van der Waals surface area (Å²) in [5.41, 5.74) is 1.69. The van der Waals surface area contributed by atoms with Gasteiger partial charge >= 0.3 is 5.97 Å². The lowest BCUT2D eigenvalue weighted by Crippen LogP contribution is -2.47. The summed E-state index contributed by atoms with van der Waals surface area (Å²) in [5, 5.41) is 0. The van der Waals surface area contributed by atoms with Gasteiger partial charge in [-0.25, -0.2) is 4.79 Å². The van der Waals surface area contributed by atoms with E-state index in [2.05, 4.69) is 34.9 Å². The number of hydrogen-bond donors (Lipinski definition) is 0. The van der Waals surface area contributed by atoms with Gasteiger partial charge in [0, 0.05) is 0 Å². The van der Waals surface area contributed by atoms with Crippen LogP contribution in [0.4, 0.5) is 0 Å². The topological polar surface area (TPSA) is 35.5 Å². The van der Waals surface area contributed by atoms with Crippen LogP contribution in [0.1, 0.15) is 45.6 Å². The second-order valence-corrected chi connectivity index (χ2v) is 9.93. The number of rotatable bonds is 8. The number of ether oxygens (including phenoxy) is 2. The molecule has 2 bridgehead atoms. The van der Waals surface area contributed by atoms with Gasteiger partial charge in [0.1, 0.15) is 13.2 Å². The fourth-order valence-corrected chi connectivity index (χ4v) is 5.04. The number of carbonyl (C=O) groups excluding carboxylic acids is 1. The molecule has 2 fully saturated rings. The third kappa shape index (κ3) is 4.22. The average molecular weight is 375 g/mol. The van der Waals surface area contributed by atoms with Crippen molar-refractivity contribution in [1.82, 2.24) is 0 Å². The zero-order chi connectivity index (χ0) is 19.7. The Balaban J connectivity index is 1.42. The Kier molecular flexibility index (Phi) is 5.69. The van der Waals surface area contributed by atoms with Gasteiger partial charge in [-0.2, -0.15) is 0 Å². The monoisotopic (exact) mass is 374 g/mol. The molecule has 27 heavy (non-hydrogen) atoms. The molecule has 1 aromatic carbocycles. The maximum absolute atomic E-state index is 12.2. The second kappa shape index (κ2) is 7.56. The van der Waals surface area contributed by atoms with Crippen LogP contribution < -0.4 is 0 Å². The van der Waals surface area contributed by atoms with Crippen molar-refractivity contribution in [2.75, 3.05) is 33.8 Å². The maximum atomic E-state index is 12.2. The van der Waals surface area contributed by atoms with Crippen LogP contribution in [0.15, 0.2) is 30.3 Å². The molecule has 0 N–H and O–H groups in total. The molecule has 2 saturated carbocycles. The summed E-state index contributed by atoms with van der Waals surface area (Å²) in [6, 6.07) is 9.82. The van der Waals surface area contributed by atoms with Crippen molar-refractivity contribution in [3.63, 3.8) is 0 Å². The number of hydrogen-bond acceptors (Lipinski definition) is 3. The molecule has 0 aromatic heterocycles. The third-order valence-electron chi connectivity index (χ3n) is 7.53. The average Bonchev–Trinajstić information content (AvgIpc) is 2.94. The Morgan fingerprint density at radius 1 is 1.19 bits per heavy atom. The van der Waals surface area contributed by atoms with Crippen LogP contribution in [0.5, 0.6) is 0 Å². The molecule has 3 atom stereocenters. The van der Waals surface area contributed by atoms with Gasteiger partial charge in [0.05, 0.1) is 26.8 Å². The molecule has 0 aliphatic heterocycles. The normalized spacial score (nSPS) is 29.1. The largest absolute Gasteiger partial charge is 0.457 e. The van der Waals surface area contributed by atoms with Crippen LogP contribution in [-0.2, 0) is 20.9 Å². The highest BCUT2D eigenvalue weighted by molar-refractivity contribution is 5.70. The fourth-order valence-electron chi connectivity index (χ4n) is 5.04. The minimum atomic E-state index is -0.156. The molecule has 0 spiro atoms. The summed E-state index contributed by atoms with van der Waals surface area (Å²) in [5.74, 6) is 0.639. The van der Waals surface area contributed by atoms with Crippen LogP contribution in [0.2, 0.25) is 0 Å². The van der Waals surface area contributed by atoms with Gasteiger partial charge in [-0.15, -0.1) is 0 Å². The van der Waals surface area contributed by atoms with E-state index in [0.717, 1.165) is 18.0 Å². The second-order valence-electron chi connectivity index (χ2n) is 9.93. The molecule has 4 nitrogen and oxygen atoms in total. The predicted molar refractivity (Wildman–Crippen MR) is 107 cm³/mol. The summed E-state index contributed by atoms with van der Waals surface area (Å²) >= 11 is 0. The Labute approximate surface area is 164 Å².